The highest BCUT2D eigenvalue weighted by Gasteiger charge is 2.52. The second-order valence-electron chi connectivity index (χ2n) is 7.49. The predicted octanol–water partition coefficient (Wildman–Crippen LogP) is 1.40. The van der Waals surface area contributed by atoms with Gasteiger partial charge in [-0.3, -0.25) is 4.79 Å². The lowest BCUT2D eigenvalue weighted by molar-refractivity contribution is -0.314. The van der Waals surface area contributed by atoms with Crippen LogP contribution in [0.4, 0.5) is 5.69 Å². The van der Waals surface area contributed by atoms with Gasteiger partial charge in [0, 0.05) is 54.7 Å². The van der Waals surface area contributed by atoms with E-state index in [-0.39, 0.29) is 23.7 Å². The third kappa shape index (κ3) is 2.99. The number of hydrogen-bond acceptors (Lipinski definition) is 4. The van der Waals surface area contributed by atoms with Crippen molar-refractivity contribution in [3.8, 4) is 0 Å². The molecule has 0 aromatic heterocycles. The Kier molecular flexibility index (Phi) is 4.36. The van der Waals surface area contributed by atoms with Crippen LogP contribution in [0, 0.1) is 23.7 Å². The normalized spacial score (nSPS) is 31.4. The van der Waals surface area contributed by atoms with Crippen molar-refractivity contribution in [2.45, 2.75) is 19.3 Å². The number of rotatable bonds is 3. The molecule has 4 atom stereocenters. The molecular weight excluding hydrogens is 340 g/mol. The van der Waals surface area contributed by atoms with Gasteiger partial charge in [-0.1, -0.05) is 11.6 Å². The maximum Gasteiger partial charge on any atom is 0.226 e. The first-order valence-electron chi connectivity index (χ1n) is 9.05. The molecule has 3 aliphatic rings. The first-order valence-corrected chi connectivity index (χ1v) is 9.42. The van der Waals surface area contributed by atoms with Crippen LogP contribution in [0.1, 0.15) is 19.3 Å². The topological polar surface area (TPSA) is 63.7 Å². The second-order valence-corrected chi connectivity index (χ2v) is 7.93. The van der Waals surface area contributed by atoms with E-state index < -0.39 is 11.9 Å². The lowest BCUT2D eigenvalue weighted by Gasteiger charge is -2.40. The molecule has 0 N–H and O–H groups in total. The third-order valence-corrected chi connectivity index (χ3v) is 6.51. The molecule has 0 spiro atoms. The zero-order valence-corrected chi connectivity index (χ0v) is 14.8. The molecule has 25 heavy (non-hydrogen) atoms. The quantitative estimate of drug-likeness (QED) is 0.816. The molecule has 1 aromatic rings. The van der Waals surface area contributed by atoms with E-state index in [9.17, 15) is 14.7 Å². The minimum atomic E-state index is -1.04. The molecule has 2 bridgehead atoms. The van der Waals surface area contributed by atoms with Crippen LogP contribution in [0.25, 0.3) is 0 Å². The number of carboxylic acid groups (broad SMARTS) is 1. The van der Waals surface area contributed by atoms with E-state index in [1.54, 1.807) is 0 Å². The van der Waals surface area contributed by atoms with Gasteiger partial charge < -0.3 is 19.7 Å². The standard InChI is InChI=1S/C19H23ClN2O3/c20-14-3-5-15(6-4-14)21-7-9-22(10-8-21)18(23)16-12-1-2-13(11-12)17(16)19(24)25/h3-6,12-13,16-17H,1-2,7-11H2,(H,24,25)/p-1/t12-,13-,16-,17+/m1/s1. The molecule has 2 aliphatic carbocycles. The molecule has 6 heteroatoms. The van der Waals surface area contributed by atoms with Gasteiger partial charge in [0.1, 0.15) is 0 Å². The summed E-state index contributed by atoms with van der Waals surface area (Å²) in [5.41, 5.74) is 1.10. The zero-order chi connectivity index (χ0) is 17.6. The van der Waals surface area contributed by atoms with Crippen LogP contribution >= 0.6 is 11.6 Å². The molecule has 0 unspecified atom stereocenters. The molecule has 4 rings (SSSR count). The van der Waals surface area contributed by atoms with Crippen LogP contribution in [0.15, 0.2) is 24.3 Å². The molecule has 0 radical (unpaired) electrons. The molecule has 3 fully saturated rings. The number of amides is 1. The molecule has 1 aromatic carbocycles. The van der Waals surface area contributed by atoms with E-state index in [0.29, 0.717) is 18.1 Å². The van der Waals surface area contributed by atoms with Crippen molar-refractivity contribution in [1.29, 1.82) is 0 Å². The first-order chi connectivity index (χ1) is 12.0. The summed E-state index contributed by atoms with van der Waals surface area (Å²) in [6.07, 6.45) is 2.78. The molecule has 1 aliphatic heterocycles. The van der Waals surface area contributed by atoms with Crippen molar-refractivity contribution in [3.05, 3.63) is 29.3 Å². The summed E-state index contributed by atoms with van der Waals surface area (Å²) in [4.78, 5) is 28.6. The lowest BCUT2D eigenvalue weighted by Crippen LogP contribution is -2.53. The van der Waals surface area contributed by atoms with Crippen molar-refractivity contribution in [2.75, 3.05) is 31.1 Å². The van der Waals surface area contributed by atoms with Crippen molar-refractivity contribution >= 4 is 29.2 Å². The van der Waals surface area contributed by atoms with E-state index in [1.165, 1.54) is 0 Å². The Morgan fingerprint density at radius 2 is 1.56 bits per heavy atom. The van der Waals surface area contributed by atoms with Gasteiger partial charge >= 0.3 is 0 Å². The van der Waals surface area contributed by atoms with Gasteiger partial charge in [-0.25, -0.2) is 0 Å². The van der Waals surface area contributed by atoms with Gasteiger partial charge in [-0.15, -0.1) is 0 Å². The number of carboxylic acids is 1. The maximum absolute atomic E-state index is 13.0. The molecule has 1 amide bonds. The smallest absolute Gasteiger partial charge is 0.226 e. The van der Waals surface area contributed by atoms with Crippen LogP contribution in [-0.4, -0.2) is 43.0 Å². The van der Waals surface area contributed by atoms with Crippen LogP contribution in [0.2, 0.25) is 5.02 Å². The number of benzene rings is 1. The fourth-order valence-corrected chi connectivity index (χ4v) is 5.16. The van der Waals surface area contributed by atoms with E-state index in [0.717, 1.165) is 38.0 Å². The molecule has 1 heterocycles. The summed E-state index contributed by atoms with van der Waals surface area (Å²) in [5, 5.41) is 12.3. The first kappa shape index (κ1) is 16.7. The number of anilines is 1. The number of halogens is 1. The van der Waals surface area contributed by atoms with Crippen LogP contribution in [0.5, 0.6) is 0 Å². The number of carbonyl (C=O) groups is 2. The molecule has 134 valence electrons. The third-order valence-electron chi connectivity index (χ3n) is 6.26. The summed E-state index contributed by atoms with van der Waals surface area (Å²) in [6.45, 7) is 2.78. The average Bonchev–Trinajstić information content (AvgIpc) is 3.23. The number of aliphatic carboxylic acids is 1. The minimum Gasteiger partial charge on any atom is -0.550 e. The predicted molar refractivity (Wildman–Crippen MR) is 93.1 cm³/mol. The Labute approximate surface area is 152 Å². The minimum absolute atomic E-state index is 0.0251. The summed E-state index contributed by atoms with van der Waals surface area (Å²) in [7, 11) is 0. The van der Waals surface area contributed by atoms with Gasteiger partial charge in [-0.05, 0) is 55.4 Å². The van der Waals surface area contributed by atoms with Crippen molar-refractivity contribution in [3.63, 3.8) is 0 Å². The molecule has 5 nitrogen and oxygen atoms in total. The molecule has 2 saturated carbocycles. The van der Waals surface area contributed by atoms with E-state index in [1.807, 2.05) is 29.2 Å². The largest absolute Gasteiger partial charge is 0.550 e. The summed E-state index contributed by atoms with van der Waals surface area (Å²) >= 11 is 5.93. The van der Waals surface area contributed by atoms with Crippen LogP contribution in [-0.2, 0) is 9.59 Å². The Morgan fingerprint density at radius 1 is 0.960 bits per heavy atom. The van der Waals surface area contributed by atoms with Gasteiger partial charge in [0.2, 0.25) is 5.91 Å². The Hall–Kier alpha value is -1.75. The SMILES string of the molecule is O=C([O-])[C@H]1[C@@H]2CC[C@H](C2)[C@H]1C(=O)N1CCN(c2ccc(Cl)cc2)CC1. The number of carbonyl (C=O) groups excluding carboxylic acids is 2. The van der Waals surface area contributed by atoms with E-state index in [2.05, 4.69) is 4.90 Å². The highest BCUT2D eigenvalue weighted by molar-refractivity contribution is 6.30. The Bertz CT molecular complexity index is 670. The Balaban J connectivity index is 1.41. The number of hydrogen-bond donors (Lipinski definition) is 0. The zero-order valence-electron chi connectivity index (χ0n) is 14.1. The van der Waals surface area contributed by atoms with Crippen molar-refractivity contribution in [1.82, 2.24) is 4.90 Å². The van der Waals surface area contributed by atoms with Gasteiger partial charge in [0.15, 0.2) is 0 Å². The second kappa shape index (κ2) is 6.52. The fraction of sp³-hybridized carbons (Fsp3) is 0.579. The van der Waals surface area contributed by atoms with E-state index >= 15 is 0 Å². The highest BCUT2D eigenvalue weighted by atomic mass is 35.5. The highest BCUT2D eigenvalue weighted by Crippen LogP contribution is 2.52. The van der Waals surface area contributed by atoms with Gasteiger partial charge in [0.25, 0.3) is 0 Å². The maximum atomic E-state index is 13.0. The molecular formula is C19H22ClN2O3-. The lowest BCUT2D eigenvalue weighted by atomic mass is 9.78. The number of nitrogens with zero attached hydrogens (tertiary/aromatic N) is 2. The number of fused-ring (bicyclic) bond motifs is 2. The monoisotopic (exact) mass is 361 g/mol. The number of piperazine rings is 1. The van der Waals surface area contributed by atoms with Crippen LogP contribution < -0.4 is 10.0 Å². The summed E-state index contributed by atoms with van der Waals surface area (Å²) in [6, 6.07) is 7.71. The van der Waals surface area contributed by atoms with E-state index in [4.69, 9.17) is 11.6 Å². The van der Waals surface area contributed by atoms with Gasteiger partial charge in [-0.2, -0.15) is 0 Å². The Morgan fingerprint density at radius 3 is 2.16 bits per heavy atom. The average molecular weight is 362 g/mol. The van der Waals surface area contributed by atoms with Crippen molar-refractivity contribution < 1.29 is 14.7 Å². The van der Waals surface area contributed by atoms with Crippen molar-refractivity contribution in [2.24, 2.45) is 23.7 Å². The summed E-state index contributed by atoms with van der Waals surface area (Å²) < 4.78 is 0. The van der Waals surface area contributed by atoms with Gasteiger partial charge in [0.05, 0.1) is 0 Å². The fourth-order valence-electron chi connectivity index (χ4n) is 5.03. The molecule has 1 saturated heterocycles. The van der Waals surface area contributed by atoms with Crippen LogP contribution in [0.3, 0.4) is 0 Å². The summed E-state index contributed by atoms with van der Waals surface area (Å²) in [5.74, 6) is -1.59.